The summed E-state index contributed by atoms with van der Waals surface area (Å²) in [6.45, 7) is 0.563. The van der Waals surface area contributed by atoms with E-state index in [2.05, 4.69) is 10.6 Å². The Morgan fingerprint density at radius 2 is 2.11 bits per heavy atom. The highest BCUT2D eigenvalue weighted by atomic mass is 19.1. The lowest BCUT2D eigenvalue weighted by Gasteiger charge is -2.08. The fourth-order valence-electron chi connectivity index (χ4n) is 1.66. The molecule has 1 aliphatic rings. The summed E-state index contributed by atoms with van der Waals surface area (Å²) in [6.07, 6.45) is 2.56. The lowest BCUT2D eigenvalue weighted by Crippen LogP contribution is -2.23. The van der Waals surface area contributed by atoms with E-state index in [1.54, 1.807) is 0 Å². The van der Waals surface area contributed by atoms with E-state index < -0.39 is 11.7 Å². The molecule has 4 N–H and O–H groups in total. The van der Waals surface area contributed by atoms with Crippen LogP contribution in [0.25, 0.3) is 0 Å². The predicted molar refractivity (Wildman–Crippen MR) is 69.2 cm³/mol. The minimum Gasteiger partial charge on any atom is -0.366 e. The molecule has 0 atom stereocenters. The first kappa shape index (κ1) is 13.5. The summed E-state index contributed by atoms with van der Waals surface area (Å²) in [7, 11) is 0. The second-order valence-electron chi connectivity index (χ2n) is 4.59. The molecule has 5 nitrogen and oxygen atoms in total. The molecule has 19 heavy (non-hydrogen) atoms. The maximum Gasteiger partial charge on any atom is 0.248 e. The Kier molecular flexibility index (Phi) is 4.11. The molecule has 1 saturated carbocycles. The van der Waals surface area contributed by atoms with Gasteiger partial charge in [0.05, 0.1) is 5.69 Å². The molecule has 0 radical (unpaired) electrons. The number of rotatable bonds is 6. The Morgan fingerprint density at radius 3 is 2.74 bits per heavy atom. The monoisotopic (exact) mass is 265 g/mol. The highest BCUT2D eigenvalue weighted by molar-refractivity contribution is 5.96. The van der Waals surface area contributed by atoms with E-state index in [1.165, 1.54) is 12.1 Å². The number of carbonyl (C=O) groups excluding carboxylic acids is 2. The fraction of sp³-hybridized carbons (Fsp3) is 0.385. The molecule has 1 fully saturated rings. The molecular formula is C13H16FN3O2. The number of nitrogens with one attached hydrogen (secondary N) is 2. The molecule has 0 spiro atoms. The minimum atomic E-state index is -0.661. The van der Waals surface area contributed by atoms with Crippen molar-refractivity contribution in [1.82, 2.24) is 5.32 Å². The van der Waals surface area contributed by atoms with Crippen molar-refractivity contribution in [2.45, 2.75) is 25.3 Å². The molecule has 1 aromatic carbocycles. The smallest absolute Gasteiger partial charge is 0.248 e. The molecule has 2 amide bonds. The van der Waals surface area contributed by atoms with Crippen molar-refractivity contribution in [3.8, 4) is 0 Å². The third-order valence-corrected chi connectivity index (χ3v) is 2.89. The molecule has 2 rings (SSSR count). The van der Waals surface area contributed by atoms with Crippen molar-refractivity contribution in [3.63, 3.8) is 0 Å². The number of hydrogen-bond acceptors (Lipinski definition) is 3. The second kappa shape index (κ2) is 5.79. The molecular weight excluding hydrogens is 249 g/mol. The quantitative estimate of drug-likeness (QED) is 0.717. The first-order valence-corrected chi connectivity index (χ1v) is 6.19. The number of anilines is 1. The van der Waals surface area contributed by atoms with Gasteiger partial charge >= 0.3 is 0 Å². The van der Waals surface area contributed by atoms with Gasteiger partial charge in [-0.15, -0.1) is 0 Å². The predicted octanol–water partition coefficient (Wildman–Crippen LogP) is 1.01. The molecule has 1 aliphatic carbocycles. The zero-order valence-corrected chi connectivity index (χ0v) is 10.4. The Bertz CT molecular complexity index is 501. The summed E-state index contributed by atoms with van der Waals surface area (Å²) in [6, 6.07) is 4.16. The van der Waals surface area contributed by atoms with E-state index in [4.69, 9.17) is 5.73 Å². The molecule has 0 aliphatic heterocycles. The largest absolute Gasteiger partial charge is 0.366 e. The number of amides is 2. The van der Waals surface area contributed by atoms with Gasteiger partial charge < -0.3 is 16.4 Å². The van der Waals surface area contributed by atoms with Crippen LogP contribution < -0.4 is 16.4 Å². The summed E-state index contributed by atoms with van der Waals surface area (Å²) < 4.78 is 13.5. The summed E-state index contributed by atoms with van der Waals surface area (Å²) in [5.74, 6) is -1.55. The van der Waals surface area contributed by atoms with Crippen molar-refractivity contribution in [2.75, 3.05) is 11.9 Å². The fourth-order valence-corrected chi connectivity index (χ4v) is 1.66. The van der Waals surface area contributed by atoms with Crippen molar-refractivity contribution >= 4 is 17.5 Å². The van der Waals surface area contributed by atoms with Gasteiger partial charge in [-0.2, -0.15) is 0 Å². The lowest BCUT2D eigenvalue weighted by atomic mass is 10.2. The number of halogens is 1. The lowest BCUT2D eigenvalue weighted by molar-refractivity contribution is -0.116. The van der Waals surface area contributed by atoms with Gasteiger partial charge in [0.2, 0.25) is 11.8 Å². The van der Waals surface area contributed by atoms with Crippen LogP contribution in [0.15, 0.2) is 18.2 Å². The average molecular weight is 265 g/mol. The zero-order valence-electron chi connectivity index (χ0n) is 10.4. The number of hydrogen-bond donors (Lipinski definition) is 3. The SMILES string of the molecule is NC(=O)c1ccc(F)c(NC(=O)CCNC2CC2)c1. The Hall–Kier alpha value is -1.95. The van der Waals surface area contributed by atoms with Gasteiger partial charge in [0.25, 0.3) is 0 Å². The van der Waals surface area contributed by atoms with Crippen molar-refractivity contribution in [1.29, 1.82) is 0 Å². The van der Waals surface area contributed by atoms with Gasteiger partial charge in [0.15, 0.2) is 0 Å². The van der Waals surface area contributed by atoms with E-state index in [0.717, 1.165) is 18.9 Å². The van der Waals surface area contributed by atoms with Gasteiger partial charge in [-0.25, -0.2) is 4.39 Å². The van der Waals surface area contributed by atoms with Crippen LogP contribution in [0.3, 0.4) is 0 Å². The summed E-state index contributed by atoms with van der Waals surface area (Å²) in [5.41, 5.74) is 5.24. The molecule has 0 unspecified atom stereocenters. The standard InChI is InChI=1S/C13H16FN3O2/c14-10-4-1-8(13(15)19)7-11(10)17-12(18)5-6-16-9-2-3-9/h1,4,7,9,16H,2-3,5-6H2,(H2,15,19)(H,17,18). The van der Waals surface area contributed by atoms with E-state index in [9.17, 15) is 14.0 Å². The van der Waals surface area contributed by atoms with Gasteiger partial charge in [0, 0.05) is 24.6 Å². The minimum absolute atomic E-state index is 0.0206. The second-order valence-corrected chi connectivity index (χ2v) is 4.59. The molecule has 0 saturated heterocycles. The van der Waals surface area contributed by atoms with Crippen LogP contribution in [0.4, 0.5) is 10.1 Å². The molecule has 1 aromatic rings. The third-order valence-electron chi connectivity index (χ3n) is 2.89. The highest BCUT2D eigenvalue weighted by Crippen LogP contribution is 2.18. The van der Waals surface area contributed by atoms with E-state index in [-0.39, 0.29) is 23.6 Å². The van der Waals surface area contributed by atoms with Gasteiger partial charge in [-0.05, 0) is 31.0 Å². The van der Waals surface area contributed by atoms with E-state index in [1.807, 2.05) is 0 Å². The summed E-state index contributed by atoms with van der Waals surface area (Å²) in [5, 5.41) is 5.63. The topological polar surface area (TPSA) is 84.2 Å². The Labute approximate surface area is 110 Å². The van der Waals surface area contributed by atoms with Crippen molar-refractivity contribution in [2.24, 2.45) is 5.73 Å². The zero-order chi connectivity index (χ0) is 13.8. The summed E-state index contributed by atoms with van der Waals surface area (Å²) >= 11 is 0. The molecule has 6 heteroatoms. The van der Waals surface area contributed by atoms with Crippen LogP contribution in [0.1, 0.15) is 29.6 Å². The number of carbonyl (C=O) groups is 2. The molecule has 102 valence electrons. The van der Waals surface area contributed by atoms with Crippen LogP contribution >= 0.6 is 0 Å². The van der Waals surface area contributed by atoms with Crippen LogP contribution in [0.5, 0.6) is 0 Å². The van der Waals surface area contributed by atoms with Crippen LogP contribution in [0, 0.1) is 5.82 Å². The molecule has 0 aromatic heterocycles. The first-order valence-electron chi connectivity index (χ1n) is 6.19. The number of benzene rings is 1. The Morgan fingerprint density at radius 1 is 1.37 bits per heavy atom. The first-order chi connectivity index (χ1) is 9.06. The van der Waals surface area contributed by atoms with Crippen LogP contribution in [0.2, 0.25) is 0 Å². The maximum absolute atomic E-state index is 13.5. The third kappa shape index (κ3) is 4.03. The van der Waals surface area contributed by atoms with Gasteiger partial charge in [-0.3, -0.25) is 9.59 Å². The maximum atomic E-state index is 13.5. The van der Waals surface area contributed by atoms with Crippen LogP contribution in [-0.2, 0) is 4.79 Å². The average Bonchev–Trinajstić information content (AvgIpc) is 3.15. The Balaban J connectivity index is 1.90. The molecule has 0 bridgehead atoms. The van der Waals surface area contributed by atoms with Gasteiger partial charge in [0.1, 0.15) is 5.82 Å². The van der Waals surface area contributed by atoms with Crippen LogP contribution in [-0.4, -0.2) is 24.4 Å². The van der Waals surface area contributed by atoms with Gasteiger partial charge in [-0.1, -0.05) is 0 Å². The number of nitrogens with two attached hydrogens (primary N) is 1. The van der Waals surface area contributed by atoms with E-state index in [0.29, 0.717) is 12.6 Å². The summed E-state index contributed by atoms with van der Waals surface area (Å²) in [4.78, 5) is 22.6. The van der Waals surface area contributed by atoms with Crippen molar-refractivity contribution < 1.29 is 14.0 Å². The highest BCUT2D eigenvalue weighted by Gasteiger charge is 2.20. The molecule has 0 heterocycles. The normalized spacial score (nSPS) is 14.2. The van der Waals surface area contributed by atoms with Crippen molar-refractivity contribution in [3.05, 3.63) is 29.6 Å². The number of primary amides is 1. The van der Waals surface area contributed by atoms with E-state index >= 15 is 0 Å².